The van der Waals surface area contributed by atoms with Crippen LogP contribution < -0.4 is 0 Å². The molecule has 0 saturated carbocycles. The van der Waals surface area contributed by atoms with E-state index < -0.39 is 5.97 Å². The summed E-state index contributed by atoms with van der Waals surface area (Å²) < 4.78 is 1.85. The molecular weight excluding hydrogens is 196 g/mol. The topological polar surface area (TPSA) is 71.2 Å². The van der Waals surface area contributed by atoms with Crippen LogP contribution in [0.25, 0.3) is 0 Å². The van der Waals surface area contributed by atoms with Crippen molar-refractivity contribution in [3.05, 3.63) is 12.2 Å². The van der Waals surface area contributed by atoms with Gasteiger partial charge in [0.15, 0.2) is 0 Å². The van der Waals surface area contributed by atoms with Crippen LogP contribution in [0.4, 0.5) is 0 Å². The highest BCUT2D eigenvalue weighted by atomic mass is 16.4. The second kappa shape index (κ2) is 5.45. The van der Waals surface area contributed by atoms with Crippen LogP contribution in [0, 0.1) is 0 Å². The zero-order valence-corrected chi connectivity index (χ0v) is 9.05. The summed E-state index contributed by atoms with van der Waals surface area (Å²) in [6.07, 6.45) is 2.52. The molecule has 84 valence electrons. The third kappa shape index (κ3) is 4.07. The van der Waals surface area contributed by atoms with Crippen molar-refractivity contribution in [3.8, 4) is 0 Å². The third-order valence-electron chi connectivity index (χ3n) is 2.15. The third-order valence-corrected chi connectivity index (χ3v) is 2.15. The molecule has 1 aromatic heterocycles. The molecule has 0 saturated heterocycles. The Kier molecular flexibility index (Phi) is 4.23. The Morgan fingerprint density at radius 3 is 2.93 bits per heavy atom. The van der Waals surface area contributed by atoms with Gasteiger partial charge in [-0.2, -0.15) is 0 Å². The number of aryl methyl sites for hydroxylation is 1. The van der Waals surface area contributed by atoms with Gasteiger partial charge in [-0.25, -0.2) is 0 Å². The molecule has 0 aliphatic heterocycles. The van der Waals surface area contributed by atoms with Crippen molar-refractivity contribution in [1.82, 2.24) is 19.7 Å². The smallest absolute Gasteiger partial charge is 0.303 e. The summed E-state index contributed by atoms with van der Waals surface area (Å²) >= 11 is 0. The standard InChI is InChI=1S/C9H16N4O2/c1-12(5-3-4-9(14)15)6-8-11-10-7-13(8)2/h7H,3-6H2,1-2H3,(H,14,15). The average Bonchev–Trinajstić information content (AvgIpc) is 2.51. The van der Waals surface area contributed by atoms with Gasteiger partial charge in [0.1, 0.15) is 12.2 Å². The van der Waals surface area contributed by atoms with E-state index in [1.165, 1.54) is 0 Å². The molecule has 0 fully saturated rings. The van der Waals surface area contributed by atoms with Crippen LogP contribution in [0.2, 0.25) is 0 Å². The van der Waals surface area contributed by atoms with E-state index in [-0.39, 0.29) is 6.42 Å². The Labute approximate surface area is 88.5 Å². The lowest BCUT2D eigenvalue weighted by molar-refractivity contribution is -0.137. The predicted molar refractivity (Wildman–Crippen MR) is 54.2 cm³/mol. The zero-order valence-electron chi connectivity index (χ0n) is 9.05. The van der Waals surface area contributed by atoms with Gasteiger partial charge in [-0.15, -0.1) is 10.2 Å². The molecule has 1 heterocycles. The fraction of sp³-hybridized carbons (Fsp3) is 0.667. The van der Waals surface area contributed by atoms with Gasteiger partial charge in [0, 0.05) is 13.5 Å². The summed E-state index contributed by atoms with van der Waals surface area (Å²) in [5.74, 6) is 0.134. The largest absolute Gasteiger partial charge is 0.481 e. The summed E-state index contributed by atoms with van der Waals surface area (Å²) in [6, 6.07) is 0. The van der Waals surface area contributed by atoms with Gasteiger partial charge < -0.3 is 9.67 Å². The minimum absolute atomic E-state index is 0.211. The molecule has 0 radical (unpaired) electrons. The van der Waals surface area contributed by atoms with Gasteiger partial charge >= 0.3 is 5.97 Å². The summed E-state index contributed by atoms with van der Waals surface area (Å²) in [5.41, 5.74) is 0. The van der Waals surface area contributed by atoms with Gasteiger partial charge in [-0.05, 0) is 20.0 Å². The summed E-state index contributed by atoms with van der Waals surface area (Å²) in [5, 5.41) is 16.2. The molecule has 1 rings (SSSR count). The first-order chi connectivity index (χ1) is 7.09. The second-order valence-electron chi connectivity index (χ2n) is 3.59. The highest BCUT2D eigenvalue weighted by Gasteiger charge is 2.05. The number of aliphatic carboxylic acids is 1. The van der Waals surface area contributed by atoms with Crippen molar-refractivity contribution in [3.63, 3.8) is 0 Å². The maximum atomic E-state index is 10.3. The first kappa shape index (κ1) is 11.6. The van der Waals surface area contributed by atoms with Crippen LogP contribution in [0.5, 0.6) is 0 Å². The zero-order chi connectivity index (χ0) is 11.3. The number of hydrogen-bond donors (Lipinski definition) is 1. The molecule has 0 amide bonds. The molecule has 0 atom stereocenters. The van der Waals surface area contributed by atoms with Crippen LogP contribution in [0.15, 0.2) is 6.33 Å². The lowest BCUT2D eigenvalue weighted by atomic mass is 10.3. The van der Waals surface area contributed by atoms with Crippen molar-refractivity contribution in [2.45, 2.75) is 19.4 Å². The van der Waals surface area contributed by atoms with Crippen LogP contribution in [0.1, 0.15) is 18.7 Å². The minimum Gasteiger partial charge on any atom is -0.481 e. The van der Waals surface area contributed by atoms with Crippen molar-refractivity contribution in [2.24, 2.45) is 7.05 Å². The van der Waals surface area contributed by atoms with E-state index in [0.29, 0.717) is 13.0 Å². The number of carboxylic acid groups (broad SMARTS) is 1. The van der Waals surface area contributed by atoms with Gasteiger partial charge in [0.2, 0.25) is 0 Å². The number of carbonyl (C=O) groups is 1. The van der Waals surface area contributed by atoms with E-state index in [9.17, 15) is 4.79 Å². The molecule has 6 heteroatoms. The first-order valence-corrected chi connectivity index (χ1v) is 4.83. The Bertz CT molecular complexity index is 324. The van der Waals surface area contributed by atoms with E-state index in [1.54, 1.807) is 6.33 Å². The van der Waals surface area contributed by atoms with Gasteiger partial charge in [-0.3, -0.25) is 9.69 Å². The van der Waals surface area contributed by atoms with Crippen molar-refractivity contribution >= 4 is 5.97 Å². The van der Waals surface area contributed by atoms with Crippen molar-refractivity contribution in [1.29, 1.82) is 0 Å². The quantitative estimate of drug-likeness (QED) is 0.724. The van der Waals surface area contributed by atoms with Crippen molar-refractivity contribution < 1.29 is 9.90 Å². The molecule has 0 aliphatic carbocycles. The lowest BCUT2D eigenvalue weighted by Crippen LogP contribution is -2.21. The van der Waals surface area contributed by atoms with Crippen LogP contribution in [-0.2, 0) is 18.4 Å². The van der Waals surface area contributed by atoms with E-state index >= 15 is 0 Å². The highest BCUT2D eigenvalue weighted by Crippen LogP contribution is 1.99. The molecule has 1 aromatic rings. The molecule has 15 heavy (non-hydrogen) atoms. The molecule has 0 bridgehead atoms. The Balaban J connectivity index is 2.27. The summed E-state index contributed by atoms with van der Waals surface area (Å²) in [6.45, 7) is 1.44. The molecule has 1 N–H and O–H groups in total. The first-order valence-electron chi connectivity index (χ1n) is 4.83. The SMILES string of the molecule is CN(CCCC(=O)O)Cc1nncn1C. The molecule has 0 spiro atoms. The number of rotatable bonds is 6. The van der Waals surface area contributed by atoms with Crippen LogP contribution in [0.3, 0.4) is 0 Å². The van der Waals surface area contributed by atoms with Crippen molar-refractivity contribution in [2.75, 3.05) is 13.6 Å². The lowest BCUT2D eigenvalue weighted by Gasteiger charge is -2.14. The van der Waals surface area contributed by atoms with Gasteiger partial charge in [0.05, 0.1) is 6.54 Å². The second-order valence-corrected chi connectivity index (χ2v) is 3.59. The maximum Gasteiger partial charge on any atom is 0.303 e. The number of hydrogen-bond acceptors (Lipinski definition) is 4. The number of carboxylic acids is 1. The Morgan fingerprint density at radius 2 is 2.40 bits per heavy atom. The minimum atomic E-state index is -0.748. The Morgan fingerprint density at radius 1 is 1.67 bits per heavy atom. The van der Waals surface area contributed by atoms with E-state index in [2.05, 4.69) is 10.2 Å². The molecule has 0 unspecified atom stereocenters. The monoisotopic (exact) mass is 212 g/mol. The van der Waals surface area contributed by atoms with Crippen LogP contribution in [-0.4, -0.2) is 44.3 Å². The molecule has 0 aromatic carbocycles. The van der Waals surface area contributed by atoms with E-state index in [0.717, 1.165) is 12.4 Å². The van der Waals surface area contributed by atoms with Gasteiger partial charge in [-0.1, -0.05) is 0 Å². The predicted octanol–water partition coefficient (Wildman–Crippen LogP) is 0.112. The number of aromatic nitrogens is 3. The normalized spacial score (nSPS) is 10.9. The summed E-state index contributed by atoms with van der Waals surface area (Å²) in [4.78, 5) is 12.3. The van der Waals surface area contributed by atoms with E-state index in [1.807, 2.05) is 23.6 Å². The van der Waals surface area contributed by atoms with E-state index in [4.69, 9.17) is 5.11 Å². The fourth-order valence-electron chi connectivity index (χ4n) is 1.27. The fourth-order valence-corrected chi connectivity index (χ4v) is 1.27. The summed E-state index contributed by atoms with van der Waals surface area (Å²) in [7, 11) is 3.83. The maximum absolute atomic E-state index is 10.3. The average molecular weight is 212 g/mol. The highest BCUT2D eigenvalue weighted by molar-refractivity contribution is 5.66. The van der Waals surface area contributed by atoms with Gasteiger partial charge in [0.25, 0.3) is 0 Å². The van der Waals surface area contributed by atoms with Crippen LogP contribution >= 0.6 is 0 Å². The molecule has 6 nitrogen and oxygen atoms in total. The molecular formula is C9H16N4O2. The number of nitrogens with zero attached hydrogens (tertiary/aromatic N) is 4. The Hall–Kier alpha value is -1.43. The molecule has 0 aliphatic rings.